The molecule has 0 amide bonds. The Morgan fingerprint density at radius 1 is 0.662 bits per heavy atom. The van der Waals surface area contributed by atoms with Crippen molar-refractivity contribution in [2.45, 2.75) is 112 Å². The standard InChI is InChI=1S/C66H68N4O/c1-43-36-46(64(5,6)7)27-29-50(43)54-22-17-21-51(45-26-31-55-56(38-45)66(10,11)34-33-65(55,8)9)62(54)69-42-68(58-24-14-15-25-59(58)69)47-18-16-19-48(39-47)71-49-28-30-53-52-20-12-13-23-57(52)70(60(53)40-49)61-37-44(32-35-67-61)41-63(2,3)4/h12-32,35-40H,33-34,41-42H2,1-11H3/i1D3,12D,13D,20D,23D,26D,31D,38D,41D2. The first kappa shape index (κ1) is 34.3. The summed E-state index contributed by atoms with van der Waals surface area (Å²) in [7, 11) is 0. The van der Waals surface area contributed by atoms with E-state index in [9.17, 15) is 4.11 Å². The lowest BCUT2D eigenvalue weighted by molar-refractivity contribution is 0.332. The first-order valence-corrected chi connectivity index (χ1v) is 24.6. The van der Waals surface area contributed by atoms with Gasteiger partial charge in [0.1, 0.15) is 24.0 Å². The van der Waals surface area contributed by atoms with Crippen LogP contribution in [0.15, 0.2) is 164 Å². The average molecular weight is 945 g/mol. The molecule has 0 radical (unpaired) electrons. The zero-order chi connectivity index (χ0) is 60.0. The molecule has 0 saturated heterocycles. The van der Waals surface area contributed by atoms with Gasteiger partial charge in [-0.1, -0.05) is 160 Å². The van der Waals surface area contributed by atoms with Crippen LogP contribution >= 0.6 is 0 Å². The van der Waals surface area contributed by atoms with Crippen LogP contribution in [0.3, 0.4) is 0 Å². The topological polar surface area (TPSA) is 33.5 Å². The van der Waals surface area contributed by atoms with Gasteiger partial charge in [-0.05, 0) is 141 Å². The Bertz CT molecular complexity index is 4150. The summed E-state index contributed by atoms with van der Waals surface area (Å²) in [5, 5.41) is 0.821. The third-order valence-electron chi connectivity index (χ3n) is 14.3. The van der Waals surface area contributed by atoms with Crippen molar-refractivity contribution in [1.29, 1.82) is 0 Å². The van der Waals surface area contributed by atoms with E-state index in [0.717, 1.165) is 46.6 Å². The van der Waals surface area contributed by atoms with E-state index < -0.39 is 35.5 Å². The summed E-state index contributed by atoms with van der Waals surface area (Å²) in [6.07, 6.45) is 1.33. The molecule has 2 aliphatic rings. The predicted octanol–water partition coefficient (Wildman–Crippen LogP) is 18.1. The van der Waals surface area contributed by atoms with E-state index in [1.807, 2.05) is 99.6 Å². The van der Waals surface area contributed by atoms with Crippen molar-refractivity contribution in [2.24, 2.45) is 5.41 Å². The van der Waals surface area contributed by atoms with Crippen LogP contribution in [-0.2, 0) is 22.6 Å². The number of anilines is 4. The third-order valence-corrected chi connectivity index (χ3v) is 14.3. The highest BCUT2D eigenvalue weighted by Gasteiger charge is 2.38. The normalized spacial score (nSPS) is 18.1. The van der Waals surface area contributed by atoms with Gasteiger partial charge in [-0.2, -0.15) is 0 Å². The summed E-state index contributed by atoms with van der Waals surface area (Å²) in [5.74, 6) is 1.13. The largest absolute Gasteiger partial charge is 0.457 e. The number of para-hydroxylation sites is 4. The van der Waals surface area contributed by atoms with Gasteiger partial charge in [-0.3, -0.25) is 4.57 Å². The molecule has 3 heterocycles. The van der Waals surface area contributed by atoms with Crippen molar-refractivity contribution in [3.8, 4) is 39.6 Å². The van der Waals surface area contributed by atoms with Crippen molar-refractivity contribution in [2.75, 3.05) is 16.5 Å². The molecule has 0 spiro atoms. The van der Waals surface area contributed by atoms with Gasteiger partial charge in [-0.25, -0.2) is 4.98 Å². The van der Waals surface area contributed by atoms with Gasteiger partial charge in [0.25, 0.3) is 0 Å². The molecule has 0 saturated carbocycles. The predicted molar refractivity (Wildman–Crippen MR) is 300 cm³/mol. The minimum Gasteiger partial charge on any atom is -0.457 e. The quantitative estimate of drug-likeness (QED) is 0.152. The summed E-state index contributed by atoms with van der Waals surface area (Å²) in [6.45, 7) is 17.7. The summed E-state index contributed by atoms with van der Waals surface area (Å²) >= 11 is 0. The van der Waals surface area contributed by atoms with Gasteiger partial charge in [0.2, 0.25) is 0 Å². The Morgan fingerprint density at radius 2 is 1.39 bits per heavy atom. The summed E-state index contributed by atoms with van der Waals surface area (Å²) in [5.41, 5.74) is 6.43. The van der Waals surface area contributed by atoms with E-state index in [1.165, 1.54) is 6.20 Å². The van der Waals surface area contributed by atoms with Gasteiger partial charge < -0.3 is 14.5 Å². The molecule has 5 nitrogen and oxygen atoms in total. The zero-order valence-electron chi connectivity index (χ0n) is 54.4. The number of fused-ring (bicyclic) bond motifs is 5. The zero-order valence-corrected chi connectivity index (χ0v) is 42.4. The summed E-state index contributed by atoms with van der Waals surface area (Å²) in [6, 6.07) is 34.4. The molecular formula is C66H68N4O. The van der Waals surface area contributed by atoms with Crippen molar-refractivity contribution in [3.63, 3.8) is 0 Å². The second-order valence-corrected chi connectivity index (χ2v) is 22.6. The molecule has 0 N–H and O–H groups in total. The molecule has 0 bridgehead atoms. The fraction of sp³-hybridized carbons (Fsp3) is 0.288. The molecule has 0 fully saturated rings. The molecule has 1 aliphatic heterocycles. The summed E-state index contributed by atoms with van der Waals surface area (Å²) < 4.78 is 119. The first-order valence-electron chi connectivity index (χ1n) is 30.6. The Morgan fingerprint density at radius 3 is 2.17 bits per heavy atom. The van der Waals surface area contributed by atoms with E-state index in [1.54, 1.807) is 41.0 Å². The lowest BCUT2D eigenvalue weighted by Gasteiger charge is -2.42. The number of nitrogens with zero attached hydrogens (tertiary/aromatic N) is 4. The maximum Gasteiger partial charge on any atom is 0.137 e. The van der Waals surface area contributed by atoms with Gasteiger partial charge in [0.15, 0.2) is 0 Å². The molecule has 11 rings (SSSR count). The molecule has 358 valence electrons. The highest BCUT2D eigenvalue weighted by atomic mass is 16.5. The van der Waals surface area contributed by atoms with Crippen LogP contribution in [0.5, 0.6) is 11.5 Å². The minimum absolute atomic E-state index is 0.0552. The molecule has 2 aromatic heterocycles. The maximum absolute atomic E-state index is 10.2. The maximum atomic E-state index is 10.2. The van der Waals surface area contributed by atoms with E-state index in [4.69, 9.17) is 17.1 Å². The highest BCUT2D eigenvalue weighted by molar-refractivity contribution is 6.09. The van der Waals surface area contributed by atoms with Gasteiger partial charge in [0.05, 0.1) is 37.7 Å². The molecule has 9 aromatic rings. The Kier molecular flexibility index (Phi) is 8.22. The number of pyridine rings is 1. The second-order valence-electron chi connectivity index (χ2n) is 22.6. The van der Waals surface area contributed by atoms with Crippen molar-refractivity contribution in [1.82, 2.24) is 9.55 Å². The molecule has 1 aliphatic carbocycles. The van der Waals surface area contributed by atoms with Crippen molar-refractivity contribution >= 4 is 44.6 Å². The van der Waals surface area contributed by atoms with Crippen LogP contribution in [0.1, 0.15) is 126 Å². The number of hydrogen-bond donors (Lipinski definition) is 0. The number of aryl methyl sites for hydroxylation is 1. The molecular weight excluding hydrogens is 865 g/mol. The molecule has 71 heavy (non-hydrogen) atoms. The molecule has 7 aromatic carbocycles. The number of rotatable bonds is 8. The number of aromatic nitrogens is 2. The lowest BCUT2D eigenvalue weighted by Crippen LogP contribution is -2.33. The number of ether oxygens (including phenoxy) is 1. The smallest absolute Gasteiger partial charge is 0.137 e. The minimum atomic E-state index is -2.52. The van der Waals surface area contributed by atoms with Crippen LogP contribution in [0, 0.1) is 12.3 Å². The monoisotopic (exact) mass is 945 g/mol. The van der Waals surface area contributed by atoms with Crippen LogP contribution in [-0.4, -0.2) is 16.2 Å². The highest BCUT2D eigenvalue weighted by Crippen LogP contribution is 2.53. The lowest BCUT2D eigenvalue weighted by atomic mass is 9.63. The van der Waals surface area contributed by atoms with Gasteiger partial charge >= 0.3 is 0 Å². The van der Waals surface area contributed by atoms with Crippen molar-refractivity contribution in [3.05, 3.63) is 192 Å². The van der Waals surface area contributed by atoms with Gasteiger partial charge in [-0.15, -0.1) is 0 Å². The van der Waals surface area contributed by atoms with Crippen LogP contribution in [0.25, 0.3) is 49.9 Å². The van der Waals surface area contributed by atoms with E-state index in [2.05, 4.69) is 63.2 Å². The number of hydrogen-bond acceptors (Lipinski definition) is 4. The molecule has 5 heteroatoms. The summed E-state index contributed by atoms with van der Waals surface area (Å²) in [4.78, 5) is 8.93. The Labute approximate surface area is 438 Å². The Balaban J connectivity index is 1.06. The number of benzene rings is 7. The SMILES string of the molecule is [2H]c1c([2H])c2c(c([2H])c1-c1cccc(-c3ccc(C(C)(C)C)cc3C([2H])([2H])[2H])c1N1CN(c3cccc(Oc4ccc5c6c([2H])c([2H])c([2H])c([2H])c6n(-c6cc(C([2H])([2H])C(C)(C)C)ccn6)c5c4)c3)c3ccccc31)C(C)(C)CCC2(C)C. The van der Waals surface area contributed by atoms with Crippen LogP contribution < -0.4 is 14.5 Å². The third kappa shape index (κ3) is 8.47. The van der Waals surface area contributed by atoms with E-state index in [0.29, 0.717) is 61.3 Å². The fourth-order valence-electron chi connectivity index (χ4n) is 10.5. The van der Waals surface area contributed by atoms with Crippen LogP contribution in [0.2, 0.25) is 0 Å². The second kappa shape index (κ2) is 17.0. The average Bonchev–Trinajstić information content (AvgIpc) is 2.03. The first-order chi connectivity index (χ1) is 38.7. The van der Waals surface area contributed by atoms with Gasteiger partial charge in [0, 0.05) is 52.8 Å². The van der Waals surface area contributed by atoms with E-state index >= 15 is 0 Å². The molecule has 0 atom stereocenters. The van der Waals surface area contributed by atoms with Crippen molar-refractivity contribution < 1.29 is 21.2 Å². The van der Waals surface area contributed by atoms with E-state index in [-0.39, 0.29) is 65.2 Å². The Hall–Kier alpha value is -7.11. The fourth-order valence-corrected chi connectivity index (χ4v) is 10.5. The molecule has 0 unspecified atom stereocenters. The van der Waals surface area contributed by atoms with Crippen LogP contribution in [0.4, 0.5) is 22.7 Å².